The van der Waals surface area contributed by atoms with Crippen LogP contribution in [0.2, 0.25) is 0 Å². The van der Waals surface area contributed by atoms with Crippen LogP contribution in [0.1, 0.15) is 50.1 Å². The number of aromatic nitrogens is 4. The van der Waals surface area contributed by atoms with Crippen molar-refractivity contribution in [3.8, 4) is 11.4 Å². The second-order valence-corrected chi connectivity index (χ2v) is 7.24. The van der Waals surface area contributed by atoms with E-state index < -0.39 is 5.97 Å². The number of carbonyl (C=O) groups is 1. The number of hydrogen-bond acceptors (Lipinski definition) is 5. The molecule has 0 atom stereocenters. The molecule has 0 saturated heterocycles. The Bertz CT molecular complexity index is 776. The Morgan fingerprint density at radius 3 is 2.64 bits per heavy atom. The molecule has 2 aromatic rings. The number of carboxylic acids is 1. The Labute approximate surface area is 146 Å². The van der Waals surface area contributed by atoms with Gasteiger partial charge in [-0.2, -0.15) is 0 Å². The van der Waals surface area contributed by atoms with Crippen molar-refractivity contribution in [3.05, 3.63) is 23.8 Å². The molecule has 2 N–H and O–H groups in total. The van der Waals surface area contributed by atoms with Crippen LogP contribution < -0.4 is 5.32 Å². The molecule has 7 nitrogen and oxygen atoms in total. The van der Waals surface area contributed by atoms with E-state index in [9.17, 15) is 4.79 Å². The number of anilines is 1. The van der Waals surface area contributed by atoms with Crippen molar-refractivity contribution >= 4 is 11.7 Å². The molecule has 0 radical (unpaired) electrons. The second kappa shape index (κ2) is 6.46. The standard InChI is InChI=1S/C18H23N5O2/c1-11-2-5-14(19-13-6-3-12(4-7-13)18(24)25)10-16(11)17-20-21-22-23(17)15-8-9-15/h2,5,10,12-13,15,19H,3-4,6-9H2,1H3,(H,24,25). The van der Waals surface area contributed by atoms with Crippen molar-refractivity contribution in [2.24, 2.45) is 5.92 Å². The van der Waals surface area contributed by atoms with Crippen LogP contribution in [0.4, 0.5) is 5.69 Å². The lowest BCUT2D eigenvalue weighted by Gasteiger charge is -2.27. The fourth-order valence-corrected chi connectivity index (χ4v) is 3.61. The summed E-state index contributed by atoms with van der Waals surface area (Å²) in [7, 11) is 0. The van der Waals surface area contributed by atoms with Crippen molar-refractivity contribution in [2.75, 3.05) is 5.32 Å². The number of nitrogens with one attached hydrogen (secondary N) is 1. The van der Waals surface area contributed by atoms with Gasteiger partial charge in [0.1, 0.15) is 0 Å². The first-order valence-corrected chi connectivity index (χ1v) is 9.00. The smallest absolute Gasteiger partial charge is 0.306 e. The van der Waals surface area contributed by atoms with E-state index in [1.165, 1.54) is 0 Å². The number of carboxylic acid groups (broad SMARTS) is 1. The SMILES string of the molecule is Cc1ccc(NC2CCC(C(=O)O)CC2)cc1-c1nnnn1C1CC1. The van der Waals surface area contributed by atoms with E-state index in [0.29, 0.717) is 12.1 Å². The highest BCUT2D eigenvalue weighted by Crippen LogP contribution is 2.37. The topological polar surface area (TPSA) is 92.9 Å². The van der Waals surface area contributed by atoms with Crippen molar-refractivity contribution in [1.29, 1.82) is 0 Å². The number of nitrogens with zero attached hydrogens (tertiary/aromatic N) is 4. The lowest BCUT2D eigenvalue weighted by molar-refractivity contribution is -0.142. The average molecular weight is 341 g/mol. The largest absolute Gasteiger partial charge is 0.481 e. The second-order valence-electron chi connectivity index (χ2n) is 7.24. The van der Waals surface area contributed by atoms with Crippen molar-refractivity contribution in [2.45, 2.75) is 57.5 Å². The van der Waals surface area contributed by atoms with Gasteiger partial charge in [-0.05, 0) is 73.6 Å². The van der Waals surface area contributed by atoms with Gasteiger partial charge < -0.3 is 10.4 Å². The number of hydrogen-bond donors (Lipinski definition) is 2. The third kappa shape index (κ3) is 3.36. The number of rotatable bonds is 5. The Morgan fingerprint density at radius 1 is 1.20 bits per heavy atom. The minimum Gasteiger partial charge on any atom is -0.481 e. The van der Waals surface area contributed by atoms with Gasteiger partial charge in [-0.25, -0.2) is 4.68 Å². The molecule has 1 aromatic carbocycles. The first kappa shape index (κ1) is 16.1. The van der Waals surface area contributed by atoms with E-state index >= 15 is 0 Å². The normalized spacial score (nSPS) is 23.4. The molecule has 0 bridgehead atoms. The highest BCUT2D eigenvalue weighted by Gasteiger charge is 2.29. The molecular formula is C18H23N5O2. The van der Waals surface area contributed by atoms with Gasteiger partial charge in [-0.1, -0.05) is 6.07 Å². The van der Waals surface area contributed by atoms with E-state index in [4.69, 9.17) is 5.11 Å². The summed E-state index contributed by atoms with van der Waals surface area (Å²) in [5.74, 6) is -0.0176. The zero-order valence-corrected chi connectivity index (χ0v) is 14.4. The Morgan fingerprint density at radius 2 is 1.96 bits per heavy atom. The summed E-state index contributed by atoms with van der Waals surface area (Å²) >= 11 is 0. The van der Waals surface area contributed by atoms with E-state index in [1.807, 2.05) is 4.68 Å². The molecule has 4 rings (SSSR count). The fourth-order valence-electron chi connectivity index (χ4n) is 3.61. The highest BCUT2D eigenvalue weighted by molar-refractivity contribution is 5.70. The molecule has 0 aliphatic heterocycles. The number of aryl methyl sites for hydroxylation is 1. The summed E-state index contributed by atoms with van der Waals surface area (Å²) in [5, 5.41) is 24.9. The van der Waals surface area contributed by atoms with Crippen LogP contribution in [0.25, 0.3) is 11.4 Å². The molecule has 7 heteroatoms. The third-order valence-corrected chi connectivity index (χ3v) is 5.31. The predicted molar refractivity (Wildman–Crippen MR) is 93.3 cm³/mol. The van der Waals surface area contributed by atoms with Crippen molar-refractivity contribution < 1.29 is 9.90 Å². The molecule has 1 heterocycles. The number of benzene rings is 1. The first-order valence-electron chi connectivity index (χ1n) is 9.00. The van der Waals surface area contributed by atoms with Gasteiger partial charge in [0, 0.05) is 17.3 Å². The highest BCUT2D eigenvalue weighted by atomic mass is 16.4. The molecule has 2 saturated carbocycles. The lowest BCUT2D eigenvalue weighted by atomic mass is 9.86. The first-order chi connectivity index (χ1) is 12.1. The van der Waals surface area contributed by atoms with E-state index in [2.05, 4.69) is 46.0 Å². The fraction of sp³-hybridized carbons (Fsp3) is 0.556. The third-order valence-electron chi connectivity index (χ3n) is 5.31. The van der Waals surface area contributed by atoms with E-state index in [0.717, 1.165) is 61.2 Å². The summed E-state index contributed by atoms with van der Waals surface area (Å²) < 4.78 is 1.93. The van der Waals surface area contributed by atoms with Gasteiger partial charge in [0.25, 0.3) is 0 Å². The van der Waals surface area contributed by atoms with E-state index in [1.54, 1.807) is 0 Å². The van der Waals surface area contributed by atoms with Crippen LogP contribution in [0.15, 0.2) is 18.2 Å². The molecule has 0 unspecified atom stereocenters. The van der Waals surface area contributed by atoms with Gasteiger partial charge >= 0.3 is 5.97 Å². The van der Waals surface area contributed by atoms with E-state index in [-0.39, 0.29) is 5.92 Å². The summed E-state index contributed by atoms with van der Waals surface area (Å²) in [4.78, 5) is 11.1. The Balaban J connectivity index is 1.50. The van der Waals surface area contributed by atoms with Crippen LogP contribution >= 0.6 is 0 Å². The van der Waals surface area contributed by atoms with Gasteiger partial charge in [-0.15, -0.1) is 5.10 Å². The average Bonchev–Trinajstić information content (AvgIpc) is 3.34. The molecule has 2 aliphatic rings. The van der Waals surface area contributed by atoms with Crippen molar-refractivity contribution in [3.63, 3.8) is 0 Å². The number of tetrazole rings is 1. The summed E-state index contributed by atoms with van der Waals surface area (Å²) in [6, 6.07) is 7.04. The lowest BCUT2D eigenvalue weighted by Crippen LogP contribution is -2.29. The summed E-state index contributed by atoms with van der Waals surface area (Å²) in [6.45, 7) is 2.07. The van der Waals surface area contributed by atoms with Gasteiger partial charge in [0.05, 0.1) is 12.0 Å². The zero-order valence-electron chi connectivity index (χ0n) is 14.4. The maximum Gasteiger partial charge on any atom is 0.306 e. The Hall–Kier alpha value is -2.44. The molecule has 2 aliphatic carbocycles. The summed E-state index contributed by atoms with van der Waals surface area (Å²) in [5.41, 5.74) is 3.25. The minimum atomic E-state index is -0.664. The molecule has 2 fully saturated rings. The summed E-state index contributed by atoms with van der Waals surface area (Å²) in [6.07, 6.45) is 5.54. The van der Waals surface area contributed by atoms with Gasteiger partial charge in [0.2, 0.25) is 0 Å². The van der Waals surface area contributed by atoms with Crippen LogP contribution in [-0.4, -0.2) is 37.3 Å². The van der Waals surface area contributed by atoms with Crippen LogP contribution in [0, 0.1) is 12.8 Å². The predicted octanol–water partition coefficient (Wildman–Crippen LogP) is 3.04. The zero-order chi connectivity index (χ0) is 17.4. The Kier molecular flexibility index (Phi) is 4.15. The molecular weight excluding hydrogens is 318 g/mol. The monoisotopic (exact) mass is 341 g/mol. The van der Waals surface area contributed by atoms with Gasteiger partial charge in [-0.3, -0.25) is 4.79 Å². The quantitative estimate of drug-likeness (QED) is 0.868. The molecule has 1 aromatic heterocycles. The maximum atomic E-state index is 11.1. The minimum absolute atomic E-state index is 0.185. The van der Waals surface area contributed by atoms with Crippen molar-refractivity contribution in [1.82, 2.24) is 20.2 Å². The van der Waals surface area contributed by atoms with Crippen LogP contribution in [0.3, 0.4) is 0 Å². The molecule has 0 spiro atoms. The number of aliphatic carboxylic acids is 1. The molecule has 0 amide bonds. The molecule has 25 heavy (non-hydrogen) atoms. The van der Waals surface area contributed by atoms with Gasteiger partial charge in [0.15, 0.2) is 5.82 Å². The van der Waals surface area contributed by atoms with Crippen LogP contribution in [0.5, 0.6) is 0 Å². The molecule has 132 valence electrons. The van der Waals surface area contributed by atoms with Crippen LogP contribution in [-0.2, 0) is 4.79 Å². The maximum absolute atomic E-state index is 11.1.